The molecule has 24 heavy (non-hydrogen) atoms. The lowest BCUT2D eigenvalue weighted by atomic mass is 10.1. The lowest BCUT2D eigenvalue weighted by Gasteiger charge is -2.34. The van der Waals surface area contributed by atoms with E-state index in [4.69, 9.17) is 11.6 Å². The van der Waals surface area contributed by atoms with Crippen LogP contribution in [-0.4, -0.2) is 41.9 Å². The first kappa shape index (κ1) is 17.4. The van der Waals surface area contributed by atoms with Crippen LogP contribution < -0.4 is 0 Å². The van der Waals surface area contributed by atoms with Crippen LogP contribution in [0.3, 0.4) is 0 Å². The SMILES string of the molecule is O=C(CCc1cccc(F)c1)N1CCN(Cc2ccc(Cl)s2)CC1. The van der Waals surface area contributed by atoms with Gasteiger partial charge >= 0.3 is 0 Å². The van der Waals surface area contributed by atoms with E-state index in [1.54, 1.807) is 17.4 Å². The minimum absolute atomic E-state index is 0.151. The number of carbonyl (C=O) groups is 1. The summed E-state index contributed by atoms with van der Waals surface area (Å²) in [6.45, 7) is 4.15. The van der Waals surface area contributed by atoms with Gasteiger partial charge in [-0.15, -0.1) is 11.3 Å². The molecule has 3 rings (SSSR count). The molecule has 2 aromatic rings. The summed E-state index contributed by atoms with van der Waals surface area (Å²) in [6.07, 6.45) is 1.02. The lowest BCUT2D eigenvalue weighted by Crippen LogP contribution is -2.48. The van der Waals surface area contributed by atoms with Gasteiger partial charge in [-0.25, -0.2) is 4.39 Å². The highest BCUT2D eigenvalue weighted by Crippen LogP contribution is 2.23. The Morgan fingerprint density at radius 2 is 1.96 bits per heavy atom. The Labute approximate surface area is 150 Å². The third-order valence-electron chi connectivity index (χ3n) is 4.25. The monoisotopic (exact) mass is 366 g/mol. The van der Waals surface area contributed by atoms with Crippen molar-refractivity contribution in [3.63, 3.8) is 0 Å². The summed E-state index contributed by atoms with van der Waals surface area (Å²) in [4.78, 5) is 17.8. The third kappa shape index (κ3) is 4.79. The maximum absolute atomic E-state index is 13.2. The van der Waals surface area contributed by atoms with Gasteiger partial charge in [0.2, 0.25) is 5.91 Å². The Morgan fingerprint density at radius 3 is 2.62 bits per heavy atom. The number of hydrogen-bond donors (Lipinski definition) is 0. The molecule has 1 amide bonds. The van der Waals surface area contributed by atoms with Gasteiger partial charge in [-0.1, -0.05) is 23.7 Å². The standard InChI is InChI=1S/C18H20ClFN2OS/c19-17-6-5-16(24-17)13-21-8-10-22(11-9-21)18(23)7-4-14-2-1-3-15(20)12-14/h1-3,5-6,12H,4,7-11,13H2. The van der Waals surface area contributed by atoms with Crippen molar-refractivity contribution in [2.24, 2.45) is 0 Å². The molecule has 0 atom stereocenters. The zero-order chi connectivity index (χ0) is 16.9. The van der Waals surface area contributed by atoms with Crippen molar-refractivity contribution in [2.75, 3.05) is 26.2 Å². The maximum Gasteiger partial charge on any atom is 0.222 e. The Morgan fingerprint density at radius 1 is 1.17 bits per heavy atom. The molecule has 1 aromatic heterocycles. The molecule has 0 bridgehead atoms. The van der Waals surface area contributed by atoms with E-state index in [0.717, 1.165) is 42.6 Å². The van der Waals surface area contributed by atoms with E-state index >= 15 is 0 Å². The normalized spacial score (nSPS) is 15.7. The molecule has 1 aliphatic rings. The second kappa shape index (κ2) is 8.10. The molecule has 128 valence electrons. The molecule has 0 unspecified atom stereocenters. The molecular formula is C18H20ClFN2OS. The van der Waals surface area contributed by atoms with Crippen LogP contribution in [0.1, 0.15) is 16.9 Å². The Balaban J connectivity index is 1.43. The summed E-state index contributed by atoms with van der Waals surface area (Å²) < 4.78 is 14.0. The van der Waals surface area contributed by atoms with Gasteiger partial charge in [0.05, 0.1) is 4.34 Å². The van der Waals surface area contributed by atoms with Crippen molar-refractivity contribution in [1.82, 2.24) is 9.80 Å². The summed E-state index contributed by atoms with van der Waals surface area (Å²) in [5, 5.41) is 0. The van der Waals surface area contributed by atoms with Gasteiger partial charge in [0, 0.05) is 44.0 Å². The third-order valence-corrected chi connectivity index (χ3v) is 5.47. The second-order valence-electron chi connectivity index (χ2n) is 5.99. The van der Waals surface area contributed by atoms with Gasteiger partial charge < -0.3 is 4.90 Å². The molecule has 0 spiro atoms. The number of piperazine rings is 1. The highest BCUT2D eigenvalue weighted by Gasteiger charge is 2.21. The Kier molecular flexibility index (Phi) is 5.87. The molecule has 1 fully saturated rings. The van der Waals surface area contributed by atoms with Gasteiger partial charge in [-0.3, -0.25) is 9.69 Å². The molecule has 3 nitrogen and oxygen atoms in total. The Bertz CT molecular complexity index is 698. The molecule has 2 heterocycles. The largest absolute Gasteiger partial charge is 0.340 e. The topological polar surface area (TPSA) is 23.6 Å². The van der Waals surface area contributed by atoms with Crippen LogP contribution in [0.15, 0.2) is 36.4 Å². The molecular weight excluding hydrogens is 347 g/mol. The number of rotatable bonds is 5. The summed E-state index contributed by atoms with van der Waals surface area (Å²) in [6, 6.07) is 10.4. The van der Waals surface area contributed by atoms with E-state index in [-0.39, 0.29) is 11.7 Å². The van der Waals surface area contributed by atoms with Crippen LogP contribution in [0, 0.1) is 5.82 Å². The van der Waals surface area contributed by atoms with Crippen LogP contribution in [0.25, 0.3) is 0 Å². The van der Waals surface area contributed by atoms with Crippen LogP contribution in [0.2, 0.25) is 4.34 Å². The van der Waals surface area contributed by atoms with Crippen molar-refractivity contribution in [3.05, 3.63) is 57.0 Å². The summed E-state index contributed by atoms with van der Waals surface area (Å²) in [5.74, 6) is -0.0969. The fourth-order valence-electron chi connectivity index (χ4n) is 2.91. The first-order valence-electron chi connectivity index (χ1n) is 8.09. The molecule has 0 N–H and O–H groups in total. The molecule has 6 heteroatoms. The number of aryl methyl sites for hydroxylation is 1. The van der Waals surface area contributed by atoms with Crippen molar-refractivity contribution in [2.45, 2.75) is 19.4 Å². The predicted molar refractivity (Wildman–Crippen MR) is 95.9 cm³/mol. The average molecular weight is 367 g/mol. The molecule has 0 aliphatic carbocycles. The molecule has 1 aromatic carbocycles. The van der Waals surface area contributed by atoms with Crippen molar-refractivity contribution in [3.8, 4) is 0 Å². The predicted octanol–water partition coefficient (Wildman–Crippen LogP) is 3.82. The number of thiophene rings is 1. The van der Waals surface area contributed by atoms with E-state index in [1.165, 1.54) is 17.0 Å². The van der Waals surface area contributed by atoms with E-state index in [1.807, 2.05) is 17.0 Å². The highest BCUT2D eigenvalue weighted by atomic mass is 35.5. The van der Waals surface area contributed by atoms with Gasteiger partial charge in [-0.2, -0.15) is 0 Å². The van der Waals surface area contributed by atoms with Crippen LogP contribution in [0.5, 0.6) is 0 Å². The van der Waals surface area contributed by atoms with Gasteiger partial charge in [0.1, 0.15) is 5.82 Å². The fraction of sp³-hybridized carbons (Fsp3) is 0.389. The molecule has 0 saturated carbocycles. The number of benzene rings is 1. The molecule has 1 aliphatic heterocycles. The minimum atomic E-state index is -0.248. The first-order valence-corrected chi connectivity index (χ1v) is 9.28. The first-order chi connectivity index (χ1) is 11.6. The van der Waals surface area contributed by atoms with E-state index in [2.05, 4.69) is 11.0 Å². The van der Waals surface area contributed by atoms with Gasteiger partial charge in [0.15, 0.2) is 0 Å². The minimum Gasteiger partial charge on any atom is -0.340 e. The zero-order valence-electron chi connectivity index (χ0n) is 13.4. The van der Waals surface area contributed by atoms with E-state index in [0.29, 0.717) is 12.8 Å². The van der Waals surface area contributed by atoms with Gasteiger partial charge in [-0.05, 0) is 36.2 Å². The fourth-order valence-corrected chi connectivity index (χ4v) is 4.04. The van der Waals surface area contributed by atoms with E-state index < -0.39 is 0 Å². The quantitative estimate of drug-likeness (QED) is 0.803. The number of hydrogen-bond acceptors (Lipinski definition) is 3. The summed E-state index contributed by atoms with van der Waals surface area (Å²) >= 11 is 7.57. The second-order valence-corrected chi connectivity index (χ2v) is 7.79. The van der Waals surface area contributed by atoms with Crippen LogP contribution in [-0.2, 0) is 17.8 Å². The van der Waals surface area contributed by atoms with Crippen molar-refractivity contribution < 1.29 is 9.18 Å². The number of halogens is 2. The summed E-state index contributed by atoms with van der Waals surface area (Å²) in [5.41, 5.74) is 0.872. The van der Waals surface area contributed by atoms with Gasteiger partial charge in [0.25, 0.3) is 0 Å². The average Bonchev–Trinajstić information content (AvgIpc) is 2.98. The zero-order valence-corrected chi connectivity index (χ0v) is 15.0. The van der Waals surface area contributed by atoms with Crippen molar-refractivity contribution >= 4 is 28.8 Å². The highest BCUT2D eigenvalue weighted by molar-refractivity contribution is 7.16. The van der Waals surface area contributed by atoms with Crippen LogP contribution >= 0.6 is 22.9 Å². The number of amides is 1. The molecule has 0 radical (unpaired) electrons. The smallest absolute Gasteiger partial charge is 0.222 e. The number of nitrogens with zero attached hydrogens (tertiary/aromatic N) is 2. The Hall–Kier alpha value is -1.43. The van der Waals surface area contributed by atoms with E-state index in [9.17, 15) is 9.18 Å². The number of carbonyl (C=O) groups excluding carboxylic acids is 1. The molecule has 1 saturated heterocycles. The summed E-state index contributed by atoms with van der Waals surface area (Å²) in [7, 11) is 0. The van der Waals surface area contributed by atoms with Crippen LogP contribution in [0.4, 0.5) is 4.39 Å². The maximum atomic E-state index is 13.2. The lowest BCUT2D eigenvalue weighted by molar-refractivity contribution is -0.132. The van der Waals surface area contributed by atoms with Crippen molar-refractivity contribution in [1.29, 1.82) is 0 Å².